The highest BCUT2D eigenvalue weighted by atomic mass is 16.4. The van der Waals surface area contributed by atoms with E-state index in [1.165, 1.54) is 12.5 Å². The fourth-order valence-corrected chi connectivity index (χ4v) is 3.29. The number of imidazole rings is 1. The molecule has 0 bridgehead atoms. The van der Waals surface area contributed by atoms with Crippen LogP contribution in [-0.2, 0) is 35.2 Å². The van der Waals surface area contributed by atoms with Gasteiger partial charge in [0.05, 0.1) is 12.4 Å². The molecular weight excluding hydrogens is 492 g/mol. The molecule has 15 heteroatoms. The topological polar surface area (TPSA) is 254 Å². The minimum atomic E-state index is -1.46. The number of amides is 3. The minimum absolute atomic E-state index is 0.0505. The zero-order valence-electron chi connectivity index (χ0n) is 20.6. The molecule has 1 aromatic rings. The van der Waals surface area contributed by atoms with E-state index in [2.05, 4.69) is 25.9 Å². The molecule has 0 aliphatic heterocycles. The van der Waals surface area contributed by atoms with Gasteiger partial charge >= 0.3 is 17.9 Å². The highest BCUT2D eigenvalue weighted by molar-refractivity contribution is 5.94. The maximum Gasteiger partial charge on any atom is 0.326 e. The van der Waals surface area contributed by atoms with E-state index in [1.54, 1.807) is 13.8 Å². The maximum atomic E-state index is 13.0. The second kappa shape index (κ2) is 15.2. The summed E-state index contributed by atoms with van der Waals surface area (Å²) < 4.78 is 0. The predicted molar refractivity (Wildman–Crippen MR) is 127 cm³/mol. The van der Waals surface area contributed by atoms with Gasteiger partial charge in [-0.05, 0) is 18.8 Å². The monoisotopic (exact) mass is 526 g/mol. The van der Waals surface area contributed by atoms with Gasteiger partial charge in [-0.25, -0.2) is 9.78 Å². The molecule has 1 aromatic heterocycles. The van der Waals surface area contributed by atoms with Crippen LogP contribution in [-0.4, -0.2) is 85.1 Å². The first-order valence-corrected chi connectivity index (χ1v) is 11.7. The van der Waals surface area contributed by atoms with Crippen LogP contribution in [0.2, 0.25) is 0 Å². The van der Waals surface area contributed by atoms with Crippen molar-refractivity contribution < 1.29 is 44.1 Å². The second-order valence-electron chi connectivity index (χ2n) is 8.58. The van der Waals surface area contributed by atoms with Crippen molar-refractivity contribution in [1.29, 1.82) is 0 Å². The van der Waals surface area contributed by atoms with Crippen LogP contribution in [0, 0.1) is 5.92 Å². The summed E-state index contributed by atoms with van der Waals surface area (Å²) in [7, 11) is 0. The van der Waals surface area contributed by atoms with E-state index < -0.39 is 78.6 Å². The average molecular weight is 527 g/mol. The molecule has 0 aliphatic rings. The van der Waals surface area contributed by atoms with Crippen molar-refractivity contribution in [2.24, 2.45) is 11.7 Å². The van der Waals surface area contributed by atoms with Crippen molar-refractivity contribution in [3.8, 4) is 0 Å². The lowest BCUT2D eigenvalue weighted by atomic mass is 9.98. The number of nitrogens with zero attached hydrogens (tertiary/aromatic N) is 1. The van der Waals surface area contributed by atoms with Crippen molar-refractivity contribution in [3.63, 3.8) is 0 Å². The van der Waals surface area contributed by atoms with Gasteiger partial charge in [-0.15, -0.1) is 0 Å². The average Bonchev–Trinajstić information content (AvgIpc) is 3.34. The van der Waals surface area contributed by atoms with Gasteiger partial charge in [0.1, 0.15) is 18.1 Å². The van der Waals surface area contributed by atoms with Crippen LogP contribution in [0.15, 0.2) is 12.5 Å². The van der Waals surface area contributed by atoms with Crippen LogP contribution in [0.4, 0.5) is 0 Å². The first-order chi connectivity index (χ1) is 17.3. The third kappa shape index (κ3) is 11.1. The summed E-state index contributed by atoms with van der Waals surface area (Å²) in [6, 6.07) is -5.28. The Labute approximate surface area is 212 Å². The lowest BCUT2D eigenvalue weighted by Gasteiger charge is -2.26. The van der Waals surface area contributed by atoms with E-state index in [0.717, 1.165) is 0 Å². The summed E-state index contributed by atoms with van der Waals surface area (Å²) in [5, 5.41) is 34.5. The molecule has 1 heterocycles. The first kappa shape index (κ1) is 31.0. The molecule has 0 radical (unpaired) electrons. The Kier molecular flexibility index (Phi) is 12.7. The fraction of sp³-hybridized carbons (Fsp3) is 0.591. The second-order valence-corrected chi connectivity index (χ2v) is 8.58. The predicted octanol–water partition coefficient (Wildman–Crippen LogP) is -1.41. The van der Waals surface area contributed by atoms with E-state index >= 15 is 0 Å². The highest BCUT2D eigenvalue weighted by Crippen LogP contribution is 2.10. The van der Waals surface area contributed by atoms with E-state index in [1.807, 2.05) is 0 Å². The molecule has 0 saturated heterocycles. The number of nitrogens with one attached hydrogen (secondary N) is 4. The molecule has 1 rings (SSSR count). The van der Waals surface area contributed by atoms with Gasteiger partial charge in [0.15, 0.2) is 0 Å². The summed E-state index contributed by atoms with van der Waals surface area (Å²) in [6.07, 6.45) is 1.56. The standard InChI is InChI=1S/C22H34N6O9/c1-3-11(2)18(22(36)37)28-21(35)15(5-7-17(31)32)27-20(34)14(4-6-16(29)30)26-19(33)13(23)8-12-9-24-10-25-12/h9-11,13-15,18H,3-8,23H2,1-2H3,(H,24,25)(H,26,33)(H,27,34)(H,28,35)(H,29,30)(H,31,32)(H,36,37). The van der Waals surface area contributed by atoms with Crippen molar-refractivity contribution in [2.45, 2.75) is 76.5 Å². The Morgan fingerprint density at radius 3 is 1.86 bits per heavy atom. The molecule has 206 valence electrons. The Bertz CT molecular complexity index is 952. The van der Waals surface area contributed by atoms with Crippen LogP contribution in [0.3, 0.4) is 0 Å². The Morgan fingerprint density at radius 2 is 1.43 bits per heavy atom. The molecule has 0 fully saturated rings. The summed E-state index contributed by atoms with van der Waals surface area (Å²) >= 11 is 0. The molecule has 3 amide bonds. The molecule has 5 atom stereocenters. The SMILES string of the molecule is CCC(C)C(NC(=O)C(CCC(=O)O)NC(=O)C(CCC(=O)O)NC(=O)C(N)Cc1cnc[nH]1)C(=O)O. The molecule has 0 aliphatic carbocycles. The third-order valence-corrected chi connectivity index (χ3v) is 5.67. The van der Waals surface area contributed by atoms with Crippen molar-refractivity contribution in [2.75, 3.05) is 0 Å². The molecule has 9 N–H and O–H groups in total. The zero-order chi connectivity index (χ0) is 28.1. The van der Waals surface area contributed by atoms with Crippen LogP contribution in [0.25, 0.3) is 0 Å². The number of aliphatic carboxylic acids is 3. The smallest absolute Gasteiger partial charge is 0.326 e. The van der Waals surface area contributed by atoms with E-state index in [-0.39, 0.29) is 19.3 Å². The van der Waals surface area contributed by atoms with Crippen LogP contribution in [0.5, 0.6) is 0 Å². The minimum Gasteiger partial charge on any atom is -0.481 e. The number of hydrogen-bond acceptors (Lipinski definition) is 8. The number of H-pyrrole nitrogens is 1. The number of nitrogens with two attached hydrogens (primary N) is 1. The maximum absolute atomic E-state index is 13.0. The first-order valence-electron chi connectivity index (χ1n) is 11.7. The number of aromatic amines is 1. The van der Waals surface area contributed by atoms with E-state index in [9.17, 15) is 33.9 Å². The lowest BCUT2D eigenvalue weighted by molar-refractivity contribution is -0.144. The third-order valence-electron chi connectivity index (χ3n) is 5.67. The van der Waals surface area contributed by atoms with Gasteiger partial charge in [-0.1, -0.05) is 20.3 Å². The van der Waals surface area contributed by atoms with Gasteiger partial charge < -0.3 is 42.0 Å². The van der Waals surface area contributed by atoms with Gasteiger partial charge in [0, 0.05) is 31.2 Å². The van der Waals surface area contributed by atoms with E-state index in [4.69, 9.17) is 15.9 Å². The van der Waals surface area contributed by atoms with Gasteiger partial charge in [-0.3, -0.25) is 24.0 Å². The summed E-state index contributed by atoms with van der Waals surface area (Å²) in [6.45, 7) is 3.33. The molecule has 0 aromatic carbocycles. The van der Waals surface area contributed by atoms with Gasteiger partial charge in [-0.2, -0.15) is 0 Å². The molecule has 0 saturated carbocycles. The number of carbonyl (C=O) groups is 6. The van der Waals surface area contributed by atoms with Crippen molar-refractivity contribution >= 4 is 35.6 Å². The Balaban J connectivity index is 3.03. The molecule has 5 unspecified atom stereocenters. The molecular formula is C22H34N6O9. The van der Waals surface area contributed by atoms with Crippen LogP contribution in [0.1, 0.15) is 51.6 Å². The number of carbonyl (C=O) groups excluding carboxylic acids is 3. The number of hydrogen-bond donors (Lipinski definition) is 8. The van der Waals surface area contributed by atoms with Gasteiger partial charge in [0.2, 0.25) is 17.7 Å². The number of carboxylic acid groups (broad SMARTS) is 3. The largest absolute Gasteiger partial charge is 0.481 e. The van der Waals surface area contributed by atoms with Gasteiger partial charge in [0.25, 0.3) is 0 Å². The Hall–Kier alpha value is -4.01. The number of rotatable bonds is 17. The lowest BCUT2D eigenvalue weighted by Crippen LogP contribution is -2.58. The van der Waals surface area contributed by atoms with Crippen LogP contribution >= 0.6 is 0 Å². The van der Waals surface area contributed by atoms with Crippen molar-refractivity contribution in [1.82, 2.24) is 25.9 Å². The van der Waals surface area contributed by atoms with Crippen molar-refractivity contribution in [3.05, 3.63) is 18.2 Å². The van der Waals surface area contributed by atoms with E-state index in [0.29, 0.717) is 12.1 Å². The number of carboxylic acids is 3. The highest BCUT2D eigenvalue weighted by Gasteiger charge is 2.32. The fourth-order valence-electron chi connectivity index (χ4n) is 3.29. The molecule has 37 heavy (non-hydrogen) atoms. The summed E-state index contributed by atoms with van der Waals surface area (Å²) in [4.78, 5) is 78.7. The zero-order valence-corrected chi connectivity index (χ0v) is 20.6. The summed E-state index contributed by atoms with van der Waals surface area (Å²) in [5.74, 6) is -6.92. The number of aromatic nitrogens is 2. The normalized spacial score (nSPS) is 14.9. The Morgan fingerprint density at radius 1 is 0.919 bits per heavy atom. The molecule has 0 spiro atoms. The molecule has 15 nitrogen and oxygen atoms in total. The van der Waals surface area contributed by atoms with Crippen LogP contribution < -0.4 is 21.7 Å². The quantitative estimate of drug-likeness (QED) is 0.117. The summed E-state index contributed by atoms with van der Waals surface area (Å²) in [5.41, 5.74) is 6.42.